The Hall–Kier alpha value is -1.72. The lowest BCUT2D eigenvalue weighted by Gasteiger charge is -2.26. The van der Waals surface area contributed by atoms with Crippen LogP contribution >= 0.6 is 0 Å². The van der Waals surface area contributed by atoms with Crippen molar-refractivity contribution in [2.45, 2.75) is 37.9 Å². The number of nitrogens with two attached hydrogens (primary N) is 1. The highest BCUT2D eigenvalue weighted by molar-refractivity contribution is 5.97. The highest BCUT2D eigenvalue weighted by Gasteiger charge is 2.37. The van der Waals surface area contributed by atoms with Crippen molar-refractivity contribution in [3.8, 4) is 0 Å². The van der Waals surface area contributed by atoms with Crippen molar-refractivity contribution in [1.29, 1.82) is 5.41 Å². The third-order valence-corrected chi connectivity index (χ3v) is 4.07. The third kappa shape index (κ3) is 3.14. The average Bonchev–Trinajstić information content (AvgIpc) is 3.25. The number of nitrogens with one attached hydrogen (secondary N) is 1. The highest BCUT2D eigenvalue weighted by atomic mass is 19.4. The van der Waals surface area contributed by atoms with E-state index in [0.717, 1.165) is 25.5 Å². The first kappa shape index (κ1) is 14.2. The standard InChI is InChI=1S/C15H18F3N3/c16-15(17,18)13-7-11(5-6-12(13)14(19)20)21(10-3-4-10)8-9-1-2-9/h5-7,9-10H,1-4,8H2,(H3,19,20). The van der Waals surface area contributed by atoms with Gasteiger partial charge in [0.05, 0.1) is 5.56 Å². The van der Waals surface area contributed by atoms with Gasteiger partial charge in [0.1, 0.15) is 5.84 Å². The van der Waals surface area contributed by atoms with Gasteiger partial charge in [0.2, 0.25) is 0 Å². The van der Waals surface area contributed by atoms with Gasteiger partial charge in [-0.15, -0.1) is 0 Å². The summed E-state index contributed by atoms with van der Waals surface area (Å²) < 4.78 is 39.5. The molecule has 3 rings (SSSR count). The van der Waals surface area contributed by atoms with Gasteiger partial charge in [-0.3, -0.25) is 5.41 Å². The topological polar surface area (TPSA) is 53.1 Å². The van der Waals surface area contributed by atoms with Crippen LogP contribution in [0.4, 0.5) is 18.9 Å². The van der Waals surface area contributed by atoms with Crippen LogP contribution in [0.5, 0.6) is 0 Å². The van der Waals surface area contributed by atoms with Crippen molar-refractivity contribution in [2.75, 3.05) is 11.4 Å². The zero-order valence-electron chi connectivity index (χ0n) is 11.6. The van der Waals surface area contributed by atoms with Crippen molar-refractivity contribution in [1.82, 2.24) is 0 Å². The molecule has 0 heterocycles. The number of anilines is 1. The maximum absolute atomic E-state index is 13.2. The fourth-order valence-electron chi connectivity index (χ4n) is 2.61. The highest BCUT2D eigenvalue weighted by Crippen LogP contribution is 2.40. The molecule has 0 aliphatic heterocycles. The monoisotopic (exact) mass is 297 g/mol. The molecule has 0 aromatic heterocycles. The Labute approximate surface area is 121 Å². The number of halogens is 3. The Morgan fingerprint density at radius 3 is 2.38 bits per heavy atom. The number of hydrogen-bond acceptors (Lipinski definition) is 2. The van der Waals surface area contributed by atoms with Crippen LogP contribution in [0.3, 0.4) is 0 Å². The van der Waals surface area contributed by atoms with E-state index in [4.69, 9.17) is 11.1 Å². The molecular formula is C15H18F3N3. The zero-order chi connectivity index (χ0) is 15.2. The summed E-state index contributed by atoms with van der Waals surface area (Å²) in [6, 6.07) is 4.50. The predicted octanol–water partition coefficient (Wildman–Crippen LogP) is 3.37. The molecular weight excluding hydrogens is 279 g/mol. The second-order valence-corrected chi connectivity index (χ2v) is 5.97. The summed E-state index contributed by atoms with van der Waals surface area (Å²) in [5, 5.41) is 7.32. The van der Waals surface area contributed by atoms with Gasteiger partial charge in [0, 0.05) is 23.8 Å². The van der Waals surface area contributed by atoms with E-state index < -0.39 is 17.6 Å². The maximum Gasteiger partial charge on any atom is 0.417 e. The summed E-state index contributed by atoms with van der Waals surface area (Å²) in [5.41, 5.74) is 4.82. The molecule has 2 aliphatic carbocycles. The smallest absolute Gasteiger partial charge is 0.384 e. The molecule has 0 spiro atoms. The van der Waals surface area contributed by atoms with E-state index in [-0.39, 0.29) is 5.56 Å². The summed E-state index contributed by atoms with van der Waals surface area (Å²) in [7, 11) is 0. The molecule has 2 saturated carbocycles. The van der Waals surface area contributed by atoms with Crippen molar-refractivity contribution < 1.29 is 13.2 Å². The van der Waals surface area contributed by atoms with Gasteiger partial charge < -0.3 is 10.6 Å². The number of nitrogen functional groups attached to an aromatic ring is 1. The van der Waals surface area contributed by atoms with E-state index in [2.05, 4.69) is 4.90 Å². The number of benzene rings is 1. The van der Waals surface area contributed by atoms with Crippen molar-refractivity contribution in [2.24, 2.45) is 11.7 Å². The Morgan fingerprint density at radius 1 is 1.24 bits per heavy atom. The molecule has 21 heavy (non-hydrogen) atoms. The van der Waals surface area contributed by atoms with Gasteiger partial charge in [-0.05, 0) is 49.8 Å². The zero-order valence-corrected chi connectivity index (χ0v) is 11.6. The van der Waals surface area contributed by atoms with E-state index in [1.807, 2.05) is 0 Å². The molecule has 3 nitrogen and oxygen atoms in total. The molecule has 2 fully saturated rings. The van der Waals surface area contributed by atoms with Gasteiger partial charge in [-0.1, -0.05) is 0 Å². The molecule has 2 aliphatic rings. The van der Waals surface area contributed by atoms with Gasteiger partial charge in [-0.2, -0.15) is 13.2 Å². The summed E-state index contributed by atoms with van der Waals surface area (Å²) >= 11 is 0. The Bertz CT molecular complexity index is 560. The second kappa shape index (κ2) is 4.93. The first-order valence-corrected chi connectivity index (χ1v) is 7.18. The normalized spacial score (nSPS) is 18.6. The molecule has 6 heteroatoms. The molecule has 1 aromatic rings. The molecule has 3 N–H and O–H groups in total. The Morgan fingerprint density at radius 2 is 1.90 bits per heavy atom. The second-order valence-electron chi connectivity index (χ2n) is 5.97. The van der Waals surface area contributed by atoms with Crippen molar-refractivity contribution in [3.63, 3.8) is 0 Å². The largest absolute Gasteiger partial charge is 0.417 e. The number of amidine groups is 1. The van der Waals surface area contributed by atoms with Crippen LogP contribution in [0, 0.1) is 11.3 Å². The number of hydrogen-bond donors (Lipinski definition) is 2. The van der Waals surface area contributed by atoms with Crippen molar-refractivity contribution >= 4 is 11.5 Å². The average molecular weight is 297 g/mol. The molecule has 0 saturated heterocycles. The summed E-state index contributed by atoms with van der Waals surface area (Å²) in [6.45, 7) is 0.835. The Balaban J connectivity index is 1.96. The predicted molar refractivity (Wildman–Crippen MR) is 75.6 cm³/mol. The summed E-state index contributed by atoms with van der Waals surface area (Å²) in [4.78, 5) is 2.09. The van der Waals surface area contributed by atoms with E-state index in [0.29, 0.717) is 17.6 Å². The van der Waals surface area contributed by atoms with Crippen LogP contribution in [-0.4, -0.2) is 18.4 Å². The molecule has 0 bridgehead atoms. The maximum atomic E-state index is 13.2. The first-order chi connectivity index (χ1) is 9.86. The van der Waals surface area contributed by atoms with Gasteiger partial charge >= 0.3 is 6.18 Å². The number of rotatable bonds is 5. The number of nitrogens with zero attached hydrogens (tertiary/aromatic N) is 1. The minimum Gasteiger partial charge on any atom is -0.384 e. The van der Waals surface area contributed by atoms with Gasteiger partial charge in [0.15, 0.2) is 0 Å². The van der Waals surface area contributed by atoms with E-state index >= 15 is 0 Å². The van der Waals surface area contributed by atoms with Gasteiger partial charge in [-0.25, -0.2) is 0 Å². The first-order valence-electron chi connectivity index (χ1n) is 7.18. The van der Waals surface area contributed by atoms with E-state index in [9.17, 15) is 13.2 Å². The van der Waals surface area contributed by atoms with Crippen LogP contribution in [0.2, 0.25) is 0 Å². The van der Waals surface area contributed by atoms with E-state index in [1.54, 1.807) is 6.07 Å². The fourth-order valence-corrected chi connectivity index (χ4v) is 2.61. The van der Waals surface area contributed by atoms with Gasteiger partial charge in [0.25, 0.3) is 0 Å². The molecule has 0 atom stereocenters. The van der Waals surface area contributed by atoms with Crippen LogP contribution in [0.1, 0.15) is 36.8 Å². The van der Waals surface area contributed by atoms with E-state index in [1.165, 1.54) is 18.9 Å². The summed E-state index contributed by atoms with van der Waals surface area (Å²) in [6.07, 6.45) is -0.0708. The van der Waals surface area contributed by atoms with Crippen LogP contribution in [0.25, 0.3) is 0 Å². The molecule has 0 amide bonds. The van der Waals surface area contributed by atoms with Crippen LogP contribution in [-0.2, 0) is 6.18 Å². The lowest BCUT2D eigenvalue weighted by Crippen LogP contribution is -2.29. The lowest BCUT2D eigenvalue weighted by molar-refractivity contribution is -0.137. The Kier molecular flexibility index (Phi) is 3.34. The molecule has 0 radical (unpaired) electrons. The molecule has 0 unspecified atom stereocenters. The van der Waals surface area contributed by atoms with Crippen LogP contribution < -0.4 is 10.6 Å². The van der Waals surface area contributed by atoms with Crippen LogP contribution in [0.15, 0.2) is 18.2 Å². The molecule has 1 aromatic carbocycles. The number of alkyl halides is 3. The minimum absolute atomic E-state index is 0.242. The minimum atomic E-state index is -4.49. The molecule has 114 valence electrons. The fraction of sp³-hybridized carbons (Fsp3) is 0.533. The quantitative estimate of drug-likeness (QED) is 0.646. The SMILES string of the molecule is N=C(N)c1ccc(N(CC2CC2)C2CC2)cc1C(F)(F)F. The lowest BCUT2D eigenvalue weighted by atomic mass is 10.0. The summed E-state index contributed by atoms with van der Waals surface area (Å²) in [5.74, 6) is 0.0708. The van der Waals surface area contributed by atoms with Crippen molar-refractivity contribution in [3.05, 3.63) is 29.3 Å². The third-order valence-electron chi connectivity index (χ3n) is 4.07.